The maximum absolute atomic E-state index is 12.9. The molecule has 1 aliphatic rings. The van der Waals surface area contributed by atoms with Gasteiger partial charge in [0.05, 0.1) is 22.8 Å². The van der Waals surface area contributed by atoms with Crippen LogP contribution in [0.1, 0.15) is 36.7 Å². The Hall–Kier alpha value is -2.93. The molecule has 144 valence electrons. The van der Waals surface area contributed by atoms with Crippen LogP contribution in [0.15, 0.2) is 30.7 Å². The summed E-state index contributed by atoms with van der Waals surface area (Å²) in [7, 11) is 1.91. The molecule has 4 heterocycles. The first-order valence-corrected chi connectivity index (χ1v) is 9.18. The van der Waals surface area contributed by atoms with E-state index < -0.39 is 17.6 Å². The van der Waals surface area contributed by atoms with Crippen LogP contribution in [0.25, 0.3) is 22.3 Å². The highest BCUT2D eigenvalue weighted by molar-refractivity contribution is 6.34. The van der Waals surface area contributed by atoms with E-state index in [1.165, 1.54) is 6.20 Å². The van der Waals surface area contributed by atoms with Crippen LogP contribution in [-0.4, -0.2) is 37.0 Å². The van der Waals surface area contributed by atoms with E-state index in [0.29, 0.717) is 16.8 Å². The van der Waals surface area contributed by atoms with E-state index in [0.717, 1.165) is 21.5 Å². The van der Waals surface area contributed by atoms with Crippen LogP contribution in [0.3, 0.4) is 0 Å². The van der Waals surface area contributed by atoms with Crippen molar-refractivity contribution in [3.8, 4) is 11.3 Å². The molecule has 0 bridgehead atoms. The first-order valence-electron chi connectivity index (χ1n) is 8.80. The lowest BCUT2D eigenvalue weighted by Gasteiger charge is -2.23. The second kappa shape index (κ2) is 6.31. The summed E-state index contributed by atoms with van der Waals surface area (Å²) >= 11 is 6.27. The maximum atomic E-state index is 12.9. The van der Waals surface area contributed by atoms with Gasteiger partial charge in [0.25, 0.3) is 5.91 Å². The number of fused-ring (bicyclic) bond motifs is 2. The maximum Gasteiger partial charge on any atom is 0.417 e. The third-order valence-electron chi connectivity index (χ3n) is 4.55. The molecule has 0 fully saturated rings. The Kier molecular flexibility index (Phi) is 4.15. The van der Waals surface area contributed by atoms with Gasteiger partial charge in [-0.25, -0.2) is 14.7 Å². The average Bonchev–Trinajstić information content (AvgIpc) is 3.16. The van der Waals surface area contributed by atoms with Crippen LogP contribution < -0.4 is 0 Å². The molecule has 0 aromatic carbocycles. The molecule has 28 heavy (non-hydrogen) atoms. The zero-order chi connectivity index (χ0) is 20.2. The lowest BCUT2D eigenvalue weighted by molar-refractivity contribution is 0.0248. The number of aryl methyl sites for hydroxylation is 1. The smallest absolute Gasteiger partial charge is 0.417 e. The van der Waals surface area contributed by atoms with Crippen molar-refractivity contribution >= 4 is 34.6 Å². The Balaban J connectivity index is 1.83. The fourth-order valence-corrected chi connectivity index (χ4v) is 3.59. The Bertz CT molecular complexity index is 1130. The SMILES string of the molecule is Cn1ccc2c(-c3ncc(Cl)c4c3CN(C(=O)OC(C)(C)C)C4=O)ccnc21. The van der Waals surface area contributed by atoms with Gasteiger partial charge < -0.3 is 9.30 Å². The Labute approximate surface area is 166 Å². The molecule has 0 aliphatic carbocycles. The van der Waals surface area contributed by atoms with Crippen LogP contribution in [-0.2, 0) is 18.3 Å². The zero-order valence-corrected chi connectivity index (χ0v) is 16.7. The van der Waals surface area contributed by atoms with Gasteiger partial charge >= 0.3 is 6.09 Å². The lowest BCUT2D eigenvalue weighted by atomic mass is 10.0. The molecule has 8 heteroatoms. The van der Waals surface area contributed by atoms with E-state index >= 15 is 0 Å². The van der Waals surface area contributed by atoms with Crippen molar-refractivity contribution in [2.75, 3.05) is 0 Å². The Morgan fingerprint density at radius 1 is 1.25 bits per heavy atom. The van der Waals surface area contributed by atoms with Gasteiger partial charge in [-0.15, -0.1) is 0 Å². The van der Waals surface area contributed by atoms with Gasteiger partial charge in [0.1, 0.15) is 11.2 Å². The number of carbonyl (C=O) groups excluding carboxylic acids is 2. The van der Waals surface area contributed by atoms with Crippen LogP contribution >= 0.6 is 11.6 Å². The van der Waals surface area contributed by atoms with Gasteiger partial charge in [-0.1, -0.05) is 11.6 Å². The molecule has 1 aliphatic heterocycles. The molecule has 0 spiro atoms. The average molecular weight is 399 g/mol. The van der Waals surface area contributed by atoms with E-state index in [-0.39, 0.29) is 11.6 Å². The standard InChI is InChI=1S/C20H19ClN4O3/c1-20(2,3)28-19(27)25-10-13-15(18(25)26)14(21)9-23-16(13)11-5-7-22-17-12(11)6-8-24(17)4/h5-9H,10H2,1-4H3. The van der Waals surface area contributed by atoms with Gasteiger partial charge in [0.15, 0.2) is 0 Å². The van der Waals surface area contributed by atoms with E-state index in [2.05, 4.69) is 9.97 Å². The molecule has 4 rings (SSSR count). The van der Waals surface area contributed by atoms with Crippen molar-refractivity contribution in [2.24, 2.45) is 7.05 Å². The molecule has 0 radical (unpaired) electrons. The second-order valence-electron chi connectivity index (χ2n) is 7.70. The third kappa shape index (κ3) is 2.92. The highest BCUT2D eigenvalue weighted by Gasteiger charge is 2.38. The summed E-state index contributed by atoms with van der Waals surface area (Å²) < 4.78 is 7.28. The minimum absolute atomic E-state index is 0.0582. The summed E-state index contributed by atoms with van der Waals surface area (Å²) in [5.74, 6) is -0.476. The number of carbonyl (C=O) groups is 2. The van der Waals surface area contributed by atoms with Gasteiger partial charge in [-0.05, 0) is 32.9 Å². The number of pyridine rings is 2. The monoisotopic (exact) mass is 398 g/mol. The predicted octanol–water partition coefficient (Wildman–Crippen LogP) is 4.18. The zero-order valence-electron chi connectivity index (χ0n) is 16.0. The van der Waals surface area contributed by atoms with Crippen molar-refractivity contribution in [1.82, 2.24) is 19.4 Å². The summed E-state index contributed by atoms with van der Waals surface area (Å²) in [5, 5.41) is 1.12. The van der Waals surface area contributed by atoms with E-state index in [1.807, 2.05) is 29.9 Å². The normalized spacial score (nSPS) is 13.9. The van der Waals surface area contributed by atoms with Crippen molar-refractivity contribution < 1.29 is 14.3 Å². The molecule has 0 saturated carbocycles. The number of hydrogen-bond acceptors (Lipinski definition) is 5. The van der Waals surface area contributed by atoms with Gasteiger partial charge in [-0.3, -0.25) is 9.78 Å². The fourth-order valence-electron chi connectivity index (χ4n) is 3.34. The third-order valence-corrected chi connectivity index (χ3v) is 4.83. The summed E-state index contributed by atoms with van der Waals surface area (Å²) in [6.07, 6.45) is 4.36. The molecule has 0 atom stereocenters. The van der Waals surface area contributed by atoms with E-state index in [1.54, 1.807) is 27.0 Å². The molecule has 0 N–H and O–H groups in total. The molecular weight excluding hydrogens is 380 g/mol. The number of rotatable bonds is 1. The second-order valence-corrected chi connectivity index (χ2v) is 8.11. The summed E-state index contributed by atoms with van der Waals surface area (Å²) in [6.45, 7) is 5.31. The summed E-state index contributed by atoms with van der Waals surface area (Å²) in [5.41, 5.74) is 2.43. The van der Waals surface area contributed by atoms with Crippen molar-refractivity contribution in [3.05, 3.63) is 46.9 Å². The minimum atomic E-state index is -0.710. The van der Waals surface area contributed by atoms with Crippen LogP contribution in [0.5, 0.6) is 0 Å². The van der Waals surface area contributed by atoms with Crippen molar-refractivity contribution in [1.29, 1.82) is 0 Å². The number of halogens is 1. The quantitative estimate of drug-likeness (QED) is 0.614. The highest BCUT2D eigenvalue weighted by atomic mass is 35.5. The molecule has 3 aromatic rings. The molecule has 0 unspecified atom stereocenters. The fraction of sp³-hybridized carbons (Fsp3) is 0.300. The largest absolute Gasteiger partial charge is 0.443 e. The van der Waals surface area contributed by atoms with Crippen molar-refractivity contribution in [3.63, 3.8) is 0 Å². The van der Waals surface area contributed by atoms with Crippen LogP contribution in [0.4, 0.5) is 4.79 Å². The van der Waals surface area contributed by atoms with E-state index in [9.17, 15) is 9.59 Å². The summed E-state index contributed by atoms with van der Waals surface area (Å²) in [4.78, 5) is 35.4. The number of aromatic nitrogens is 3. The lowest BCUT2D eigenvalue weighted by Crippen LogP contribution is -2.36. The molecule has 7 nitrogen and oxygen atoms in total. The minimum Gasteiger partial charge on any atom is -0.443 e. The van der Waals surface area contributed by atoms with Crippen molar-refractivity contribution in [2.45, 2.75) is 32.9 Å². The van der Waals surface area contributed by atoms with Crippen LogP contribution in [0.2, 0.25) is 5.02 Å². The van der Waals surface area contributed by atoms with Gasteiger partial charge in [0, 0.05) is 42.2 Å². The number of hydrogen-bond donors (Lipinski definition) is 0. The number of amides is 2. The molecule has 2 amide bonds. The first kappa shape index (κ1) is 18.4. The molecular formula is C20H19ClN4O3. The number of imide groups is 1. The van der Waals surface area contributed by atoms with Gasteiger partial charge in [-0.2, -0.15) is 0 Å². The number of ether oxygens (including phenoxy) is 1. The summed E-state index contributed by atoms with van der Waals surface area (Å²) in [6, 6.07) is 3.79. The predicted molar refractivity (Wildman–Crippen MR) is 105 cm³/mol. The molecule has 0 saturated heterocycles. The molecule has 3 aromatic heterocycles. The van der Waals surface area contributed by atoms with Crippen LogP contribution in [0, 0.1) is 0 Å². The first-order chi connectivity index (χ1) is 13.2. The highest BCUT2D eigenvalue weighted by Crippen LogP contribution is 2.38. The van der Waals surface area contributed by atoms with Gasteiger partial charge in [0.2, 0.25) is 0 Å². The topological polar surface area (TPSA) is 77.3 Å². The number of nitrogens with zero attached hydrogens (tertiary/aromatic N) is 4. The van der Waals surface area contributed by atoms with E-state index in [4.69, 9.17) is 16.3 Å². The Morgan fingerprint density at radius 3 is 2.71 bits per heavy atom. The Morgan fingerprint density at radius 2 is 2.00 bits per heavy atom.